The number of halogens is 3. The molecule has 1 unspecified atom stereocenters. The molecule has 0 amide bonds. The van der Waals surface area contributed by atoms with Crippen LogP contribution in [0.1, 0.15) is 33.2 Å². The molecule has 0 fully saturated rings. The van der Waals surface area contributed by atoms with Crippen LogP contribution < -0.4 is 0 Å². The SMILES string of the molecule is Cc1ccc(C(Cl)c2cc(F)c(C)cc2F)c(C)c1. The summed E-state index contributed by atoms with van der Waals surface area (Å²) in [6.07, 6.45) is 0. The Balaban J connectivity index is 2.49. The van der Waals surface area contributed by atoms with Gasteiger partial charge < -0.3 is 0 Å². The van der Waals surface area contributed by atoms with E-state index in [0.29, 0.717) is 0 Å². The van der Waals surface area contributed by atoms with E-state index in [9.17, 15) is 8.78 Å². The number of rotatable bonds is 2. The van der Waals surface area contributed by atoms with E-state index in [1.165, 1.54) is 19.1 Å². The normalized spacial score (nSPS) is 12.5. The highest BCUT2D eigenvalue weighted by Gasteiger charge is 2.19. The fourth-order valence-electron chi connectivity index (χ4n) is 2.13. The first-order chi connectivity index (χ1) is 8.90. The summed E-state index contributed by atoms with van der Waals surface area (Å²) < 4.78 is 27.5. The van der Waals surface area contributed by atoms with Gasteiger partial charge in [-0.1, -0.05) is 23.8 Å². The third kappa shape index (κ3) is 2.79. The zero-order valence-electron chi connectivity index (χ0n) is 11.1. The van der Waals surface area contributed by atoms with E-state index in [2.05, 4.69) is 0 Å². The summed E-state index contributed by atoms with van der Waals surface area (Å²) in [5, 5.41) is -0.685. The van der Waals surface area contributed by atoms with Crippen molar-refractivity contribution >= 4 is 11.6 Å². The highest BCUT2D eigenvalue weighted by atomic mass is 35.5. The minimum atomic E-state index is -0.685. The summed E-state index contributed by atoms with van der Waals surface area (Å²) in [5.41, 5.74) is 3.35. The lowest BCUT2D eigenvalue weighted by molar-refractivity contribution is 0.580. The minimum absolute atomic E-state index is 0.178. The topological polar surface area (TPSA) is 0 Å². The molecule has 2 aromatic carbocycles. The van der Waals surface area contributed by atoms with Crippen molar-refractivity contribution in [3.8, 4) is 0 Å². The summed E-state index contributed by atoms with van der Waals surface area (Å²) in [6, 6.07) is 8.12. The predicted octanol–water partition coefficient (Wildman–Crippen LogP) is 5.22. The van der Waals surface area contributed by atoms with Crippen molar-refractivity contribution in [2.24, 2.45) is 0 Å². The van der Waals surface area contributed by atoms with Crippen LogP contribution in [0.2, 0.25) is 0 Å². The van der Waals surface area contributed by atoms with Crippen LogP contribution in [0.5, 0.6) is 0 Å². The fraction of sp³-hybridized carbons (Fsp3) is 0.250. The Bertz CT molecular complexity index is 620. The molecule has 19 heavy (non-hydrogen) atoms. The highest BCUT2D eigenvalue weighted by molar-refractivity contribution is 6.22. The lowest BCUT2D eigenvalue weighted by Gasteiger charge is -2.15. The van der Waals surface area contributed by atoms with Crippen LogP contribution in [-0.2, 0) is 0 Å². The lowest BCUT2D eigenvalue weighted by Crippen LogP contribution is -2.01. The maximum atomic E-state index is 13.9. The molecule has 0 aliphatic rings. The molecule has 0 spiro atoms. The van der Waals surface area contributed by atoms with E-state index in [0.717, 1.165) is 16.7 Å². The van der Waals surface area contributed by atoms with Gasteiger partial charge in [0.05, 0.1) is 5.38 Å². The molecule has 0 aromatic heterocycles. The van der Waals surface area contributed by atoms with E-state index < -0.39 is 17.0 Å². The van der Waals surface area contributed by atoms with Crippen LogP contribution in [0.3, 0.4) is 0 Å². The first kappa shape index (κ1) is 14.0. The zero-order chi connectivity index (χ0) is 14.2. The van der Waals surface area contributed by atoms with E-state index in [4.69, 9.17) is 11.6 Å². The summed E-state index contributed by atoms with van der Waals surface area (Å²) in [4.78, 5) is 0. The molecule has 2 rings (SSSR count). The quantitative estimate of drug-likeness (QED) is 0.662. The van der Waals surface area contributed by atoms with Crippen LogP contribution in [0.4, 0.5) is 8.78 Å². The standard InChI is InChI=1S/C16H15ClF2/c1-9-4-5-12(10(2)6-9)16(17)13-8-14(18)11(3)7-15(13)19/h4-8,16H,1-3H3. The van der Waals surface area contributed by atoms with Gasteiger partial charge in [0.1, 0.15) is 11.6 Å². The van der Waals surface area contributed by atoms with Gasteiger partial charge in [0.2, 0.25) is 0 Å². The van der Waals surface area contributed by atoms with Gasteiger partial charge in [-0.15, -0.1) is 11.6 Å². The van der Waals surface area contributed by atoms with Crippen molar-refractivity contribution in [2.75, 3.05) is 0 Å². The number of hydrogen-bond acceptors (Lipinski definition) is 0. The molecule has 0 bridgehead atoms. The largest absolute Gasteiger partial charge is 0.207 e. The number of aryl methyl sites for hydroxylation is 3. The fourth-order valence-corrected chi connectivity index (χ4v) is 2.55. The Morgan fingerprint density at radius 3 is 2.16 bits per heavy atom. The van der Waals surface area contributed by atoms with Gasteiger partial charge in [0.15, 0.2) is 0 Å². The van der Waals surface area contributed by atoms with Crippen LogP contribution in [0.15, 0.2) is 30.3 Å². The third-order valence-electron chi connectivity index (χ3n) is 3.25. The molecule has 0 saturated heterocycles. The van der Waals surface area contributed by atoms with Gasteiger partial charge in [-0.3, -0.25) is 0 Å². The van der Waals surface area contributed by atoms with E-state index in [1.54, 1.807) is 0 Å². The molecule has 1 atom stereocenters. The summed E-state index contributed by atoms with van der Waals surface area (Å²) in [5.74, 6) is -0.911. The molecule has 0 aliphatic carbocycles. The Morgan fingerprint density at radius 2 is 1.53 bits per heavy atom. The average molecular weight is 281 g/mol. The van der Waals surface area contributed by atoms with Crippen LogP contribution >= 0.6 is 11.6 Å². The molecule has 0 nitrogen and oxygen atoms in total. The first-order valence-corrected chi connectivity index (χ1v) is 6.50. The van der Waals surface area contributed by atoms with Gasteiger partial charge in [0.25, 0.3) is 0 Å². The van der Waals surface area contributed by atoms with Gasteiger partial charge in [0, 0.05) is 5.56 Å². The molecule has 100 valence electrons. The summed E-state index contributed by atoms with van der Waals surface area (Å²) in [7, 11) is 0. The third-order valence-corrected chi connectivity index (χ3v) is 3.72. The lowest BCUT2D eigenvalue weighted by atomic mass is 9.97. The maximum Gasteiger partial charge on any atom is 0.128 e. The van der Waals surface area contributed by atoms with Crippen molar-refractivity contribution in [1.82, 2.24) is 0 Å². The Labute approximate surface area is 117 Å². The maximum absolute atomic E-state index is 13.9. The second-order valence-corrected chi connectivity index (χ2v) is 5.28. The first-order valence-electron chi connectivity index (χ1n) is 6.07. The highest BCUT2D eigenvalue weighted by Crippen LogP contribution is 2.33. The minimum Gasteiger partial charge on any atom is -0.207 e. The molecule has 0 aliphatic heterocycles. The van der Waals surface area contributed by atoms with Crippen LogP contribution in [0, 0.1) is 32.4 Å². The monoisotopic (exact) mass is 280 g/mol. The van der Waals surface area contributed by atoms with Crippen molar-refractivity contribution in [3.05, 3.63) is 69.8 Å². The molecule has 0 N–H and O–H groups in total. The van der Waals surface area contributed by atoms with E-state index in [-0.39, 0.29) is 11.1 Å². The number of benzene rings is 2. The molecular formula is C16H15ClF2. The predicted molar refractivity (Wildman–Crippen MR) is 74.7 cm³/mol. The molecule has 0 radical (unpaired) electrons. The number of alkyl halides is 1. The van der Waals surface area contributed by atoms with E-state index in [1.807, 2.05) is 32.0 Å². The second-order valence-electron chi connectivity index (χ2n) is 4.85. The Kier molecular flexibility index (Phi) is 3.91. The Hall–Kier alpha value is -1.41. The van der Waals surface area contributed by atoms with E-state index >= 15 is 0 Å². The second kappa shape index (κ2) is 5.30. The molecule has 0 saturated carbocycles. The molecular weight excluding hydrogens is 266 g/mol. The molecule has 2 aromatic rings. The van der Waals surface area contributed by atoms with Gasteiger partial charge in [-0.25, -0.2) is 8.78 Å². The van der Waals surface area contributed by atoms with Gasteiger partial charge >= 0.3 is 0 Å². The Morgan fingerprint density at radius 1 is 0.842 bits per heavy atom. The zero-order valence-corrected chi connectivity index (χ0v) is 11.9. The summed E-state index contributed by atoms with van der Waals surface area (Å²) in [6.45, 7) is 5.43. The average Bonchev–Trinajstić information content (AvgIpc) is 2.33. The molecule has 0 heterocycles. The van der Waals surface area contributed by atoms with Crippen LogP contribution in [0.25, 0.3) is 0 Å². The van der Waals surface area contributed by atoms with Gasteiger partial charge in [-0.05, 0) is 49.6 Å². The van der Waals surface area contributed by atoms with Crippen molar-refractivity contribution in [3.63, 3.8) is 0 Å². The molecule has 3 heteroatoms. The van der Waals surface area contributed by atoms with Crippen molar-refractivity contribution in [2.45, 2.75) is 26.1 Å². The number of hydrogen-bond donors (Lipinski definition) is 0. The van der Waals surface area contributed by atoms with Crippen molar-refractivity contribution < 1.29 is 8.78 Å². The van der Waals surface area contributed by atoms with Crippen LogP contribution in [-0.4, -0.2) is 0 Å². The summed E-state index contributed by atoms with van der Waals surface area (Å²) >= 11 is 6.31. The van der Waals surface area contributed by atoms with Crippen molar-refractivity contribution in [1.29, 1.82) is 0 Å². The smallest absolute Gasteiger partial charge is 0.128 e. The van der Waals surface area contributed by atoms with Gasteiger partial charge in [-0.2, -0.15) is 0 Å².